The van der Waals surface area contributed by atoms with E-state index in [1.807, 2.05) is 17.9 Å². The summed E-state index contributed by atoms with van der Waals surface area (Å²) in [6.45, 7) is 3.28. The highest BCUT2D eigenvalue weighted by molar-refractivity contribution is 5.85. The fourth-order valence-electron chi connectivity index (χ4n) is 1.32. The number of rotatable bonds is 5. The fourth-order valence-corrected chi connectivity index (χ4v) is 1.32. The molecule has 0 bridgehead atoms. The lowest BCUT2D eigenvalue weighted by molar-refractivity contribution is -0.131. The Hall–Kier alpha value is -2.28. The second-order valence-corrected chi connectivity index (χ2v) is 3.34. The van der Waals surface area contributed by atoms with Crippen LogP contribution in [0.5, 0.6) is 0 Å². The van der Waals surface area contributed by atoms with E-state index in [2.05, 4.69) is 10.9 Å². The van der Waals surface area contributed by atoms with Gasteiger partial charge in [0.25, 0.3) is 0 Å². The fraction of sp³-hybridized carbons (Fsp3) is 0.231. The number of nitrogens with zero attached hydrogens (tertiary/aromatic N) is 2. The Labute approximate surface area is 101 Å². The van der Waals surface area contributed by atoms with Gasteiger partial charge < -0.3 is 10.0 Å². The molecule has 0 saturated carbocycles. The lowest BCUT2D eigenvalue weighted by atomic mass is 10.2. The van der Waals surface area contributed by atoms with E-state index in [0.717, 1.165) is 24.0 Å². The molecular weight excluding hydrogens is 216 g/mol. The smallest absolute Gasteiger partial charge is 0.328 e. The molecule has 4 heteroatoms. The van der Waals surface area contributed by atoms with Crippen molar-refractivity contribution in [3.63, 3.8) is 0 Å². The molecule has 1 rings (SSSR count). The largest absolute Gasteiger partial charge is 0.478 e. The number of carboxylic acids is 1. The maximum absolute atomic E-state index is 10.3. The third kappa shape index (κ3) is 3.99. The van der Waals surface area contributed by atoms with Crippen LogP contribution in [-0.2, 0) is 4.79 Å². The number of pyridine rings is 1. The van der Waals surface area contributed by atoms with Crippen molar-refractivity contribution in [3.8, 4) is 12.3 Å². The number of terminal acetylenes is 1. The van der Waals surface area contributed by atoms with Gasteiger partial charge in [-0.25, -0.2) is 9.78 Å². The van der Waals surface area contributed by atoms with Gasteiger partial charge in [-0.1, -0.05) is 5.92 Å². The van der Waals surface area contributed by atoms with Gasteiger partial charge in [0.2, 0.25) is 0 Å². The molecule has 0 radical (unpaired) electrons. The minimum Gasteiger partial charge on any atom is -0.478 e. The van der Waals surface area contributed by atoms with Crippen molar-refractivity contribution in [2.45, 2.75) is 6.92 Å². The highest BCUT2D eigenvalue weighted by Gasteiger charge is 2.02. The summed E-state index contributed by atoms with van der Waals surface area (Å²) in [7, 11) is 0. The maximum Gasteiger partial charge on any atom is 0.328 e. The summed E-state index contributed by atoms with van der Waals surface area (Å²) in [6.07, 6.45) is 9.45. The third-order valence-electron chi connectivity index (χ3n) is 2.18. The molecule has 1 aromatic heterocycles. The summed E-state index contributed by atoms with van der Waals surface area (Å²) in [5.41, 5.74) is 0.743. The van der Waals surface area contributed by atoms with Crippen LogP contribution >= 0.6 is 0 Å². The van der Waals surface area contributed by atoms with Crippen LogP contribution in [-0.4, -0.2) is 29.1 Å². The zero-order chi connectivity index (χ0) is 12.7. The van der Waals surface area contributed by atoms with Crippen molar-refractivity contribution in [3.05, 3.63) is 30.0 Å². The maximum atomic E-state index is 10.3. The number of aliphatic carboxylic acids is 1. The highest BCUT2D eigenvalue weighted by Crippen LogP contribution is 2.11. The summed E-state index contributed by atoms with van der Waals surface area (Å²) < 4.78 is 0. The van der Waals surface area contributed by atoms with Crippen molar-refractivity contribution in [1.82, 2.24) is 4.98 Å². The molecule has 0 aliphatic rings. The normalized spacial score (nSPS) is 10.1. The van der Waals surface area contributed by atoms with Crippen molar-refractivity contribution >= 4 is 17.9 Å². The Morgan fingerprint density at radius 1 is 1.65 bits per heavy atom. The summed E-state index contributed by atoms with van der Waals surface area (Å²) >= 11 is 0. The quantitative estimate of drug-likeness (QED) is 0.617. The molecule has 17 heavy (non-hydrogen) atoms. The van der Waals surface area contributed by atoms with Crippen LogP contribution < -0.4 is 4.90 Å². The standard InChI is InChI=1S/C13H14N2O2/c1-3-9-15(4-2)12-7-5-11(10-14-12)6-8-13(16)17/h1,5-8,10H,4,9H2,2H3,(H,16,17)/b8-6+. The van der Waals surface area contributed by atoms with E-state index in [9.17, 15) is 4.79 Å². The molecule has 4 nitrogen and oxygen atoms in total. The Morgan fingerprint density at radius 3 is 2.88 bits per heavy atom. The molecule has 0 aliphatic heterocycles. The van der Waals surface area contributed by atoms with Crippen LogP contribution in [0.15, 0.2) is 24.4 Å². The van der Waals surface area contributed by atoms with Crippen molar-refractivity contribution < 1.29 is 9.90 Å². The van der Waals surface area contributed by atoms with Crippen LogP contribution in [0.25, 0.3) is 6.08 Å². The molecule has 0 spiro atoms. The average Bonchev–Trinajstić information content (AvgIpc) is 2.34. The number of aromatic nitrogens is 1. The number of anilines is 1. The van der Waals surface area contributed by atoms with E-state index in [1.54, 1.807) is 12.3 Å². The molecule has 0 amide bonds. The first-order valence-electron chi connectivity index (χ1n) is 5.22. The predicted molar refractivity (Wildman–Crippen MR) is 67.6 cm³/mol. The second-order valence-electron chi connectivity index (χ2n) is 3.34. The zero-order valence-electron chi connectivity index (χ0n) is 9.63. The lowest BCUT2D eigenvalue weighted by Gasteiger charge is -2.18. The minimum absolute atomic E-state index is 0.508. The molecule has 0 unspecified atom stereocenters. The van der Waals surface area contributed by atoms with Crippen molar-refractivity contribution in [2.75, 3.05) is 18.0 Å². The highest BCUT2D eigenvalue weighted by atomic mass is 16.4. The second kappa shape index (κ2) is 6.33. The van der Waals surface area contributed by atoms with Gasteiger partial charge in [-0.3, -0.25) is 0 Å². The van der Waals surface area contributed by atoms with Crippen LogP contribution in [0.3, 0.4) is 0 Å². The summed E-state index contributed by atoms with van der Waals surface area (Å²) in [4.78, 5) is 16.5. The zero-order valence-corrected chi connectivity index (χ0v) is 9.63. The molecular formula is C13H14N2O2. The van der Waals surface area contributed by atoms with E-state index in [1.165, 1.54) is 6.08 Å². The molecule has 1 aromatic rings. The first-order valence-corrected chi connectivity index (χ1v) is 5.22. The van der Waals surface area contributed by atoms with Gasteiger partial charge in [-0.2, -0.15) is 0 Å². The number of hydrogen-bond donors (Lipinski definition) is 1. The predicted octanol–water partition coefficient (Wildman–Crippen LogP) is 1.64. The van der Waals surface area contributed by atoms with E-state index < -0.39 is 5.97 Å². The first kappa shape index (κ1) is 12.8. The topological polar surface area (TPSA) is 53.4 Å². The Bertz CT molecular complexity index is 443. The summed E-state index contributed by atoms with van der Waals surface area (Å²) in [6, 6.07) is 3.63. The van der Waals surface area contributed by atoms with Crippen LogP contribution in [0.4, 0.5) is 5.82 Å². The van der Waals surface area contributed by atoms with Gasteiger partial charge in [-0.05, 0) is 30.7 Å². The summed E-state index contributed by atoms with van der Waals surface area (Å²) in [5, 5.41) is 8.49. The number of carboxylic acid groups (broad SMARTS) is 1. The van der Waals surface area contributed by atoms with Crippen molar-refractivity contribution in [1.29, 1.82) is 0 Å². The minimum atomic E-state index is -0.975. The number of carbonyl (C=O) groups is 1. The van der Waals surface area contributed by atoms with Gasteiger partial charge in [-0.15, -0.1) is 6.42 Å². The van der Waals surface area contributed by atoms with Gasteiger partial charge in [0, 0.05) is 18.8 Å². The molecule has 1 heterocycles. The van der Waals surface area contributed by atoms with Crippen molar-refractivity contribution in [2.24, 2.45) is 0 Å². The molecule has 0 aromatic carbocycles. The van der Waals surface area contributed by atoms with Gasteiger partial charge in [0.05, 0.1) is 6.54 Å². The summed E-state index contributed by atoms with van der Waals surface area (Å²) in [5.74, 6) is 2.38. The molecule has 1 N–H and O–H groups in total. The monoisotopic (exact) mass is 230 g/mol. The van der Waals surface area contributed by atoms with Gasteiger partial charge in [0.1, 0.15) is 5.82 Å². The molecule has 0 fully saturated rings. The van der Waals surface area contributed by atoms with E-state index in [0.29, 0.717) is 6.54 Å². The Morgan fingerprint density at radius 2 is 2.41 bits per heavy atom. The number of hydrogen-bond acceptors (Lipinski definition) is 3. The van der Waals surface area contributed by atoms with E-state index in [4.69, 9.17) is 11.5 Å². The first-order chi connectivity index (χ1) is 8.17. The van der Waals surface area contributed by atoms with Crippen LogP contribution in [0.2, 0.25) is 0 Å². The van der Waals surface area contributed by atoms with Gasteiger partial charge >= 0.3 is 5.97 Å². The molecule has 0 saturated heterocycles. The molecule has 0 aliphatic carbocycles. The molecule has 88 valence electrons. The van der Waals surface area contributed by atoms with Crippen LogP contribution in [0, 0.1) is 12.3 Å². The molecule has 0 atom stereocenters. The average molecular weight is 230 g/mol. The van der Waals surface area contributed by atoms with E-state index >= 15 is 0 Å². The van der Waals surface area contributed by atoms with E-state index in [-0.39, 0.29) is 0 Å². The van der Waals surface area contributed by atoms with Crippen LogP contribution in [0.1, 0.15) is 12.5 Å². The third-order valence-corrected chi connectivity index (χ3v) is 2.18. The SMILES string of the molecule is C#CCN(CC)c1ccc(/C=C/C(=O)O)cn1. The Balaban J connectivity index is 2.80. The Kier molecular flexibility index (Phi) is 4.77. The lowest BCUT2D eigenvalue weighted by Crippen LogP contribution is -2.23. The van der Waals surface area contributed by atoms with Gasteiger partial charge in [0.15, 0.2) is 0 Å².